The maximum Gasteiger partial charge on any atom is 0.129 e. The van der Waals surface area contributed by atoms with Crippen molar-refractivity contribution >= 4 is 8.07 Å². The minimum Gasteiger partial charge on any atom is -0.497 e. The van der Waals surface area contributed by atoms with E-state index in [1.54, 1.807) is 13.3 Å². The molecule has 1 aromatic heterocycles. The van der Waals surface area contributed by atoms with Gasteiger partial charge < -0.3 is 4.74 Å². The Bertz CT molecular complexity index is 371. The van der Waals surface area contributed by atoms with Crippen LogP contribution in [0.1, 0.15) is 5.69 Å². The van der Waals surface area contributed by atoms with Gasteiger partial charge in [0.1, 0.15) is 19.5 Å². The third kappa shape index (κ3) is 3.63. The van der Waals surface area contributed by atoms with Crippen LogP contribution in [0.5, 0.6) is 5.75 Å². The fraction of sp³-hybridized carbons (Fsp3) is 0.364. The maximum absolute atomic E-state index is 5.09. The standard InChI is InChI=1S/C11H15NOSi/c1-13-11-5-7-12-10(9-11)6-8-14(2,3)4/h5,7,9H,1-4H3. The van der Waals surface area contributed by atoms with Gasteiger partial charge in [-0.1, -0.05) is 25.6 Å². The highest BCUT2D eigenvalue weighted by molar-refractivity contribution is 6.83. The van der Waals surface area contributed by atoms with Crippen LogP contribution in [0.3, 0.4) is 0 Å². The van der Waals surface area contributed by atoms with Gasteiger partial charge in [-0.15, -0.1) is 5.54 Å². The lowest BCUT2D eigenvalue weighted by Crippen LogP contribution is -2.16. The van der Waals surface area contributed by atoms with E-state index in [2.05, 4.69) is 36.1 Å². The van der Waals surface area contributed by atoms with Crippen LogP contribution in [-0.2, 0) is 0 Å². The highest BCUT2D eigenvalue weighted by atomic mass is 28.3. The lowest BCUT2D eigenvalue weighted by Gasteiger charge is -2.03. The summed E-state index contributed by atoms with van der Waals surface area (Å²) in [7, 11) is 0.334. The molecule has 0 atom stereocenters. The monoisotopic (exact) mass is 205 g/mol. The van der Waals surface area contributed by atoms with Crippen molar-refractivity contribution in [1.29, 1.82) is 0 Å². The Labute approximate surface area is 86.3 Å². The summed E-state index contributed by atoms with van der Waals surface area (Å²) >= 11 is 0. The van der Waals surface area contributed by atoms with Gasteiger partial charge in [0.15, 0.2) is 0 Å². The van der Waals surface area contributed by atoms with Crippen LogP contribution < -0.4 is 4.74 Å². The second-order valence-corrected chi connectivity index (χ2v) is 8.83. The fourth-order valence-electron chi connectivity index (χ4n) is 0.858. The van der Waals surface area contributed by atoms with Gasteiger partial charge in [0.05, 0.1) is 7.11 Å². The van der Waals surface area contributed by atoms with E-state index in [0.29, 0.717) is 0 Å². The number of nitrogens with zero attached hydrogens (tertiary/aromatic N) is 1. The number of hydrogen-bond acceptors (Lipinski definition) is 2. The smallest absolute Gasteiger partial charge is 0.129 e. The molecule has 0 bridgehead atoms. The van der Waals surface area contributed by atoms with E-state index in [-0.39, 0.29) is 0 Å². The average molecular weight is 205 g/mol. The molecule has 0 aromatic carbocycles. The molecule has 0 unspecified atom stereocenters. The molecule has 0 saturated carbocycles. The predicted octanol–water partition coefficient (Wildman–Crippen LogP) is 2.32. The molecule has 0 aliphatic heterocycles. The first kappa shape index (κ1) is 10.8. The molecule has 1 heterocycles. The number of ether oxygens (including phenoxy) is 1. The molecule has 0 radical (unpaired) electrons. The SMILES string of the molecule is COc1ccnc(C#C[Si](C)(C)C)c1. The summed E-state index contributed by atoms with van der Waals surface area (Å²) in [6.07, 6.45) is 1.72. The zero-order chi connectivity index (χ0) is 10.6. The van der Waals surface area contributed by atoms with Crippen molar-refractivity contribution in [1.82, 2.24) is 4.98 Å². The zero-order valence-corrected chi connectivity index (χ0v) is 10.1. The molecule has 0 N–H and O–H groups in total. The molecule has 0 fully saturated rings. The van der Waals surface area contributed by atoms with Gasteiger partial charge in [-0.05, 0) is 6.07 Å². The first-order chi connectivity index (χ1) is 6.51. The first-order valence-corrected chi connectivity index (χ1v) is 8.04. The van der Waals surface area contributed by atoms with E-state index in [0.717, 1.165) is 11.4 Å². The highest BCUT2D eigenvalue weighted by Gasteiger charge is 2.07. The number of methoxy groups -OCH3 is 1. The zero-order valence-electron chi connectivity index (χ0n) is 9.09. The second-order valence-electron chi connectivity index (χ2n) is 4.08. The summed E-state index contributed by atoms with van der Waals surface area (Å²) in [6.45, 7) is 6.63. The van der Waals surface area contributed by atoms with E-state index in [9.17, 15) is 0 Å². The minimum atomic E-state index is -1.31. The Balaban J connectivity index is 2.90. The second kappa shape index (κ2) is 4.29. The molecule has 3 heteroatoms. The van der Waals surface area contributed by atoms with Crippen LogP contribution in [0, 0.1) is 11.5 Å². The van der Waals surface area contributed by atoms with Gasteiger partial charge in [0.2, 0.25) is 0 Å². The van der Waals surface area contributed by atoms with Crippen molar-refractivity contribution in [3.05, 3.63) is 24.0 Å². The van der Waals surface area contributed by atoms with Gasteiger partial charge in [-0.3, -0.25) is 0 Å². The van der Waals surface area contributed by atoms with Crippen molar-refractivity contribution in [2.24, 2.45) is 0 Å². The van der Waals surface area contributed by atoms with Crippen molar-refractivity contribution in [2.75, 3.05) is 7.11 Å². The van der Waals surface area contributed by atoms with E-state index >= 15 is 0 Å². The van der Waals surface area contributed by atoms with Gasteiger partial charge in [-0.25, -0.2) is 4.98 Å². The molecule has 0 spiro atoms. The third-order valence-electron chi connectivity index (χ3n) is 1.53. The van der Waals surface area contributed by atoms with Crippen LogP contribution in [0.2, 0.25) is 19.6 Å². The topological polar surface area (TPSA) is 22.1 Å². The van der Waals surface area contributed by atoms with Crippen LogP contribution in [0.4, 0.5) is 0 Å². The van der Waals surface area contributed by atoms with Crippen molar-refractivity contribution in [3.8, 4) is 17.2 Å². The molecule has 74 valence electrons. The van der Waals surface area contributed by atoms with Crippen LogP contribution in [-0.4, -0.2) is 20.2 Å². The Hall–Kier alpha value is -1.27. The third-order valence-corrected chi connectivity index (χ3v) is 2.41. The van der Waals surface area contributed by atoms with Crippen LogP contribution >= 0.6 is 0 Å². The molecule has 1 aromatic rings. The van der Waals surface area contributed by atoms with Gasteiger partial charge in [-0.2, -0.15) is 0 Å². The Morgan fingerprint density at radius 3 is 2.64 bits per heavy atom. The molecule has 2 nitrogen and oxygen atoms in total. The highest BCUT2D eigenvalue weighted by Crippen LogP contribution is 2.09. The Morgan fingerprint density at radius 1 is 1.36 bits per heavy atom. The van der Waals surface area contributed by atoms with Crippen molar-refractivity contribution in [2.45, 2.75) is 19.6 Å². The fourth-order valence-corrected chi connectivity index (χ4v) is 1.36. The van der Waals surface area contributed by atoms with Gasteiger partial charge >= 0.3 is 0 Å². The van der Waals surface area contributed by atoms with Crippen LogP contribution in [0.25, 0.3) is 0 Å². The van der Waals surface area contributed by atoms with Gasteiger partial charge in [0, 0.05) is 12.3 Å². The summed E-state index contributed by atoms with van der Waals surface area (Å²) in [5.41, 5.74) is 4.04. The minimum absolute atomic E-state index is 0.784. The van der Waals surface area contributed by atoms with E-state index in [4.69, 9.17) is 4.74 Å². The number of hydrogen-bond donors (Lipinski definition) is 0. The maximum atomic E-state index is 5.09. The summed E-state index contributed by atoms with van der Waals surface area (Å²) in [4.78, 5) is 4.16. The molecular formula is C11H15NOSi. The molecule has 0 saturated heterocycles. The largest absolute Gasteiger partial charge is 0.497 e. The number of pyridine rings is 1. The summed E-state index contributed by atoms with van der Waals surface area (Å²) in [5, 5.41) is 0. The Kier molecular flexibility index (Phi) is 3.31. The normalized spacial score (nSPS) is 10.3. The lowest BCUT2D eigenvalue weighted by atomic mass is 10.3. The molecule has 0 aliphatic rings. The molecule has 14 heavy (non-hydrogen) atoms. The lowest BCUT2D eigenvalue weighted by molar-refractivity contribution is 0.414. The summed E-state index contributed by atoms with van der Waals surface area (Å²) in [5.74, 6) is 3.89. The molecule has 0 amide bonds. The average Bonchev–Trinajstić information content (AvgIpc) is 2.14. The quantitative estimate of drug-likeness (QED) is 0.518. The number of aromatic nitrogens is 1. The molecular weight excluding hydrogens is 190 g/mol. The van der Waals surface area contributed by atoms with Gasteiger partial charge in [0.25, 0.3) is 0 Å². The number of rotatable bonds is 1. The Morgan fingerprint density at radius 2 is 2.07 bits per heavy atom. The molecule has 0 aliphatic carbocycles. The molecule has 1 rings (SSSR count). The van der Waals surface area contributed by atoms with Crippen molar-refractivity contribution < 1.29 is 4.74 Å². The van der Waals surface area contributed by atoms with E-state index in [1.165, 1.54) is 0 Å². The van der Waals surface area contributed by atoms with Crippen LogP contribution in [0.15, 0.2) is 18.3 Å². The van der Waals surface area contributed by atoms with Crippen molar-refractivity contribution in [3.63, 3.8) is 0 Å². The van der Waals surface area contributed by atoms with E-state index in [1.807, 2.05) is 12.1 Å². The summed E-state index contributed by atoms with van der Waals surface area (Å²) in [6, 6.07) is 3.67. The predicted molar refractivity (Wildman–Crippen MR) is 61.0 cm³/mol. The van der Waals surface area contributed by atoms with E-state index < -0.39 is 8.07 Å². The first-order valence-electron chi connectivity index (χ1n) is 4.54. The summed E-state index contributed by atoms with van der Waals surface area (Å²) < 4.78 is 5.09.